The molecule has 0 bridgehead atoms. The van der Waals surface area contributed by atoms with Crippen LogP contribution < -0.4 is 4.90 Å². The lowest BCUT2D eigenvalue weighted by Gasteiger charge is -2.40. The van der Waals surface area contributed by atoms with Gasteiger partial charge in [-0.3, -0.25) is 0 Å². The zero-order valence-corrected chi connectivity index (χ0v) is 36.1. The van der Waals surface area contributed by atoms with Crippen LogP contribution >= 0.6 is 11.8 Å². The molecule has 3 heteroatoms. The van der Waals surface area contributed by atoms with Crippen molar-refractivity contribution in [3.63, 3.8) is 0 Å². The number of furan rings is 1. The molecule has 3 aliphatic rings. The van der Waals surface area contributed by atoms with Crippen molar-refractivity contribution in [3.8, 4) is 22.3 Å². The average molecular weight is 846 g/mol. The maximum absolute atomic E-state index is 6.63. The van der Waals surface area contributed by atoms with Crippen LogP contribution in [0.2, 0.25) is 0 Å². The summed E-state index contributed by atoms with van der Waals surface area (Å²) in [5.74, 6) is 0. The van der Waals surface area contributed by atoms with E-state index >= 15 is 0 Å². The molecule has 2 aliphatic carbocycles. The minimum Gasteiger partial charge on any atom is -0.456 e. The predicted molar refractivity (Wildman–Crippen MR) is 267 cm³/mol. The smallest absolute Gasteiger partial charge is 0.137 e. The maximum atomic E-state index is 6.63. The second-order valence-corrected chi connectivity index (χ2v) is 18.5. The number of hydrogen-bond donors (Lipinski definition) is 0. The number of hydrogen-bond acceptors (Lipinski definition) is 3. The Morgan fingerprint density at radius 2 is 0.831 bits per heavy atom. The highest BCUT2D eigenvalue weighted by molar-refractivity contribution is 7.99. The second-order valence-electron chi connectivity index (χ2n) is 17.5. The van der Waals surface area contributed by atoms with E-state index in [-0.39, 0.29) is 0 Å². The van der Waals surface area contributed by atoms with Crippen LogP contribution in [-0.2, 0) is 10.8 Å². The number of fused-ring (bicyclic) bond motifs is 15. The Morgan fingerprint density at radius 3 is 1.51 bits per heavy atom. The van der Waals surface area contributed by atoms with E-state index in [1.165, 1.54) is 76.6 Å². The Bertz CT molecular complexity index is 3630. The number of para-hydroxylation sites is 1. The van der Waals surface area contributed by atoms with Gasteiger partial charge in [-0.2, -0.15) is 0 Å². The standard InChI is InChI=1S/C62H39NOS/c1-3-18-40(19-4-1)61(41-20-5-2-6-21-41)49-26-11-7-24-46(49)47-36-34-42(38-53(47)61)63(55-30-17-32-57-60(55)48-25-10-15-31-56(48)64-57)43-35-37-59-54(39-43)62(52-29-14-16-33-58(52)65-59)50-27-12-8-22-44(50)45-23-9-13-28-51(45)62/h1-39H. The number of nitrogens with zero attached hydrogens (tertiary/aromatic N) is 1. The first-order chi connectivity index (χ1) is 32.2. The first-order valence-electron chi connectivity index (χ1n) is 22.4. The van der Waals surface area contributed by atoms with Gasteiger partial charge in [0.25, 0.3) is 0 Å². The first kappa shape index (κ1) is 36.6. The zero-order chi connectivity index (χ0) is 42.7. The van der Waals surface area contributed by atoms with Gasteiger partial charge in [-0.15, -0.1) is 0 Å². The van der Waals surface area contributed by atoms with Crippen molar-refractivity contribution in [3.05, 3.63) is 281 Å². The van der Waals surface area contributed by atoms with Gasteiger partial charge in [0.05, 0.1) is 21.9 Å². The van der Waals surface area contributed by atoms with Crippen molar-refractivity contribution in [2.24, 2.45) is 0 Å². The molecule has 2 heterocycles. The van der Waals surface area contributed by atoms with Crippen molar-refractivity contribution in [2.75, 3.05) is 4.90 Å². The molecule has 304 valence electrons. The van der Waals surface area contributed by atoms with E-state index in [1.54, 1.807) is 0 Å². The van der Waals surface area contributed by atoms with Gasteiger partial charge in [-0.05, 0) is 121 Å². The third-order valence-corrected chi connectivity index (χ3v) is 15.6. The van der Waals surface area contributed by atoms with E-state index < -0.39 is 10.8 Å². The van der Waals surface area contributed by atoms with Crippen LogP contribution in [0.25, 0.3) is 44.2 Å². The van der Waals surface area contributed by atoms with Crippen molar-refractivity contribution < 1.29 is 4.42 Å². The van der Waals surface area contributed by atoms with Crippen LogP contribution in [0.15, 0.2) is 251 Å². The molecular formula is C62H39NOS. The topological polar surface area (TPSA) is 16.4 Å². The van der Waals surface area contributed by atoms with Gasteiger partial charge in [0.2, 0.25) is 0 Å². The molecule has 10 aromatic carbocycles. The van der Waals surface area contributed by atoms with Gasteiger partial charge in [-0.25, -0.2) is 0 Å². The number of anilines is 3. The number of rotatable bonds is 5. The summed E-state index contributed by atoms with van der Waals surface area (Å²) in [5, 5.41) is 2.19. The molecule has 0 radical (unpaired) electrons. The van der Waals surface area contributed by atoms with E-state index in [0.29, 0.717) is 0 Å². The summed E-state index contributed by atoms with van der Waals surface area (Å²) in [6, 6.07) is 87.7. The van der Waals surface area contributed by atoms with Crippen molar-refractivity contribution in [2.45, 2.75) is 20.6 Å². The summed E-state index contributed by atoms with van der Waals surface area (Å²) >= 11 is 1.88. The van der Waals surface area contributed by atoms with Crippen LogP contribution in [0.5, 0.6) is 0 Å². The minimum absolute atomic E-state index is 0.518. The summed E-state index contributed by atoms with van der Waals surface area (Å²) < 4.78 is 6.63. The zero-order valence-electron chi connectivity index (χ0n) is 35.3. The normalized spacial score (nSPS) is 14.3. The van der Waals surface area contributed by atoms with E-state index in [4.69, 9.17) is 4.42 Å². The van der Waals surface area contributed by atoms with Crippen LogP contribution in [0.4, 0.5) is 17.1 Å². The quantitative estimate of drug-likeness (QED) is 0.172. The molecule has 0 amide bonds. The average Bonchev–Trinajstić information content (AvgIpc) is 4.00. The van der Waals surface area contributed by atoms with Crippen molar-refractivity contribution >= 4 is 50.8 Å². The Balaban J connectivity index is 1.08. The molecule has 1 aliphatic heterocycles. The molecule has 2 nitrogen and oxygen atoms in total. The number of benzene rings is 10. The van der Waals surface area contributed by atoms with Crippen LogP contribution in [-0.4, -0.2) is 0 Å². The van der Waals surface area contributed by atoms with E-state index in [1.807, 2.05) is 11.8 Å². The Kier molecular flexibility index (Phi) is 7.79. The fourth-order valence-corrected chi connectivity index (χ4v) is 13.1. The van der Waals surface area contributed by atoms with Crippen LogP contribution in [0.3, 0.4) is 0 Å². The summed E-state index contributed by atoms with van der Waals surface area (Å²) in [7, 11) is 0. The van der Waals surface area contributed by atoms with Gasteiger partial charge in [-0.1, -0.05) is 194 Å². The Morgan fingerprint density at radius 1 is 0.338 bits per heavy atom. The second kappa shape index (κ2) is 13.8. The van der Waals surface area contributed by atoms with Gasteiger partial charge in [0.1, 0.15) is 11.2 Å². The van der Waals surface area contributed by atoms with E-state index in [9.17, 15) is 0 Å². The third kappa shape index (κ3) is 4.91. The summed E-state index contributed by atoms with van der Waals surface area (Å²) in [4.78, 5) is 5.06. The van der Waals surface area contributed by atoms with E-state index in [2.05, 4.69) is 241 Å². The van der Waals surface area contributed by atoms with Gasteiger partial charge >= 0.3 is 0 Å². The minimum atomic E-state index is -0.554. The summed E-state index contributed by atoms with van der Waals surface area (Å²) in [6.07, 6.45) is 0. The highest BCUT2D eigenvalue weighted by Gasteiger charge is 2.51. The van der Waals surface area contributed by atoms with Crippen LogP contribution in [0.1, 0.15) is 44.5 Å². The largest absolute Gasteiger partial charge is 0.456 e. The summed E-state index contributed by atoms with van der Waals surface area (Å²) in [5.41, 5.74) is 19.3. The van der Waals surface area contributed by atoms with E-state index in [0.717, 1.165) is 39.0 Å². The highest BCUT2D eigenvalue weighted by atomic mass is 32.2. The third-order valence-electron chi connectivity index (χ3n) is 14.4. The molecule has 11 aromatic rings. The fourth-order valence-electron chi connectivity index (χ4n) is 11.9. The summed E-state index contributed by atoms with van der Waals surface area (Å²) in [6.45, 7) is 0. The predicted octanol–water partition coefficient (Wildman–Crippen LogP) is 16.2. The fraction of sp³-hybridized carbons (Fsp3) is 0.0323. The molecular weight excluding hydrogens is 807 g/mol. The van der Waals surface area contributed by atoms with Crippen molar-refractivity contribution in [1.29, 1.82) is 0 Å². The Labute approximate surface area is 382 Å². The molecule has 14 rings (SSSR count). The molecule has 1 aromatic heterocycles. The molecule has 65 heavy (non-hydrogen) atoms. The molecule has 0 saturated carbocycles. The van der Waals surface area contributed by atoms with Crippen molar-refractivity contribution in [1.82, 2.24) is 0 Å². The molecule has 1 spiro atoms. The molecule has 0 atom stereocenters. The lowest BCUT2D eigenvalue weighted by atomic mass is 9.67. The van der Waals surface area contributed by atoms with Gasteiger partial charge in [0, 0.05) is 26.6 Å². The maximum Gasteiger partial charge on any atom is 0.137 e. The molecule has 0 fully saturated rings. The van der Waals surface area contributed by atoms with Gasteiger partial charge < -0.3 is 9.32 Å². The Hall–Kier alpha value is -7.85. The first-order valence-corrected chi connectivity index (χ1v) is 23.2. The lowest BCUT2D eigenvalue weighted by Crippen LogP contribution is -2.32. The van der Waals surface area contributed by atoms with Gasteiger partial charge in [0.15, 0.2) is 0 Å². The molecule has 0 N–H and O–H groups in total. The van der Waals surface area contributed by atoms with Crippen LogP contribution in [0, 0.1) is 0 Å². The molecule has 0 saturated heterocycles. The monoisotopic (exact) mass is 845 g/mol. The lowest BCUT2D eigenvalue weighted by molar-refractivity contribution is 0.669. The molecule has 0 unspecified atom stereocenters. The SMILES string of the molecule is c1ccc(C2(c3ccccc3)c3ccccc3-c3ccc(N(c4ccc5c(c4)C4(c6ccccc6S5)c5ccccc5-c5ccccc54)c4cccc5oc6ccccc6c45)cc32)cc1. The highest BCUT2D eigenvalue weighted by Crippen LogP contribution is 2.63.